The minimum atomic E-state index is -3.38. The molecule has 0 bridgehead atoms. The molecule has 0 saturated carbocycles. The fourth-order valence-electron chi connectivity index (χ4n) is 4.05. The van der Waals surface area contributed by atoms with Crippen LogP contribution in [0.25, 0.3) is 10.9 Å². The minimum absolute atomic E-state index is 0.136. The molecule has 136 valence electrons. The van der Waals surface area contributed by atoms with Crippen molar-refractivity contribution >= 4 is 26.7 Å². The third kappa shape index (κ3) is 2.49. The van der Waals surface area contributed by atoms with E-state index in [-0.39, 0.29) is 11.7 Å². The van der Waals surface area contributed by atoms with E-state index in [2.05, 4.69) is 9.55 Å². The number of Topliss-reactive ketones (excluding diaryl/α,β-unsaturated/α-hetero) is 1. The second-order valence-corrected chi connectivity index (χ2v) is 8.90. The molecular weight excluding hydrogens is 350 g/mol. The van der Waals surface area contributed by atoms with E-state index in [0.717, 1.165) is 41.3 Å². The number of benzene rings is 1. The van der Waals surface area contributed by atoms with E-state index in [0.29, 0.717) is 17.8 Å². The Morgan fingerprint density at radius 3 is 2.69 bits per heavy atom. The van der Waals surface area contributed by atoms with Gasteiger partial charge < -0.3 is 4.57 Å². The molecule has 2 aromatic heterocycles. The lowest BCUT2D eigenvalue weighted by Crippen LogP contribution is -2.25. The van der Waals surface area contributed by atoms with E-state index >= 15 is 0 Å². The summed E-state index contributed by atoms with van der Waals surface area (Å²) in [4.78, 5) is 17.5. The second kappa shape index (κ2) is 5.81. The van der Waals surface area contributed by atoms with Crippen molar-refractivity contribution in [3.05, 3.63) is 53.2 Å². The van der Waals surface area contributed by atoms with Crippen LogP contribution in [0.4, 0.5) is 0 Å². The lowest BCUT2D eigenvalue weighted by atomic mass is 9.82. The normalized spacial score (nSPS) is 17.7. The molecule has 26 heavy (non-hydrogen) atoms. The number of fused-ring (bicyclic) bond motifs is 3. The molecule has 0 aliphatic heterocycles. The first-order valence-electron chi connectivity index (χ1n) is 8.63. The standard InChI is InChI=1S/C19H21N3O3S/c1-12-15(20-11-22(12)26(3,24)25)10-13-8-9-17-18(19(13)23)14-6-4-5-7-16(14)21(17)2/h4-7,11,13H,8-10H2,1-3H3. The van der Waals surface area contributed by atoms with Gasteiger partial charge in [0.1, 0.15) is 6.33 Å². The summed E-state index contributed by atoms with van der Waals surface area (Å²) >= 11 is 0. The van der Waals surface area contributed by atoms with Crippen LogP contribution >= 0.6 is 0 Å². The largest absolute Gasteiger partial charge is 0.347 e. The number of ketones is 1. The highest BCUT2D eigenvalue weighted by Gasteiger charge is 2.33. The van der Waals surface area contributed by atoms with Gasteiger partial charge in [0, 0.05) is 41.5 Å². The zero-order valence-electron chi connectivity index (χ0n) is 15.1. The smallest absolute Gasteiger partial charge is 0.237 e. The number of carbonyl (C=O) groups excluding carboxylic acids is 1. The van der Waals surface area contributed by atoms with E-state index in [1.165, 1.54) is 10.3 Å². The van der Waals surface area contributed by atoms with Crippen molar-refractivity contribution in [2.24, 2.45) is 13.0 Å². The minimum Gasteiger partial charge on any atom is -0.347 e. The van der Waals surface area contributed by atoms with E-state index in [4.69, 9.17) is 0 Å². The van der Waals surface area contributed by atoms with Crippen LogP contribution in [0.1, 0.15) is 33.9 Å². The number of imidazole rings is 1. The molecule has 1 aliphatic rings. The predicted molar refractivity (Wildman–Crippen MR) is 100.0 cm³/mol. The molecule has 0 saturated heterocycles. The zero-order valence-corrected chi connectivity index (χ0v) is 15.9. The molecule has 1 aliphatic carbocycles. The Morgan fingerprint density at radius 1 is 1.27 bits per heavy atom. The summed E-state index contributed by atoms with van der Waals surface area (Å²) in [5.41, 5.74) is 4.25. The van der Waals surface area contributed by atoms with Crippen molar-refractivity contribution in [2.45, 2.75) is 26.2 Å². The fraction of sp³-hybridized carbons (Fsp3) is 0.368. The number of para-hydroxylation sites is 1. The van der Waals surface area contributed by atoms with Crippen LogP contribution in [0.3, 0.4) is 0 Å². The van der Waals surface area contributed by atoms with Crippen LogP contribution in [-0.2, 0) is 29.9 Å². The molecule has 0 radical (unpaired) electrons. The fourth-order valence-corrected chi connectivity index (χ4v) is 4.87. The van der Waals surface area contributed by atoms with Gasteiger partial charge in [-0.15, -0.1) is 0 Å². The van der Waals surface area contributed by atoms with Gasteiger partial charge in [-0.2, -0.15) is 0 Å². The van der Waals surface area contributed by atoms with Crippen molar-refractivity contribution in [3.63, 3.8) is 0 Å². The molecule has 6 nitrogen and oxygen atoms in total. The van der Waals surface area contributed by atoms with Gasteiger partial charge >= 0.3 is 0 Å². The Bertz CT molecular complexity index is 1140. The summed E-state index contributed by atoms with van der Waals surface area (Å²) < 4.78 is 26.9. The van der Waals surface area contributed by atoms with Crippen LogP contribution in [0.15, 0.2) is 30.6 Å². The van der Waals surface area contributed by atoms with E-state index < -0.39 is 10.0 Å². The molecule has 0 spiro atoms. The maximum atomic E-state index is 13.2. The lowest BCUT2D eigenvalue weighted by Gasteiger charge is -2.22. The Kier molecular flexibility index (Phi) is 3.80. The van der Waals surface area contributed by atoms with Gasteiger partial charge in [0.2, 0.25) is 10.0 Å². The average molecular weight is 371 g/mol. The molecule has 2 heterocycles. The van der Waals surface area contributed by atoms with E-state index in [9.17, 15) is 13.2 Å². The molecule has 4 rings (SSSR count). The highest BCUT2D eigenvalue weighted by Crippen LogP contribution is 2.35. The molecule has 0 amide bonds. The SMILES string of the molecule is Cc1c(CC2CCc3c(c4ccccc4n3C)C2=O)ncn1S(C)(=O)=O. The van der Waals surface area contributed by atoms with Crippen molar-refractivity contribution in [1.82, 2.24) is 13.5 Å². The summed E-state index contributed by atoms with van der Waals surface area (Å²) in [5, 5.41) is 0.998. The first-order valence-corrected chi connectivity index (χ1v) is 10.5. The summed E-state index contributed by atoms with van der Waals surface area (Å²) in [6.45, 7) is 1.74. The van der Waals surface area contributed by atoms with Gasteiger partial charge in [-0.25, -0.2) is 17.4 Å². The number of hydrogen-bond donors (Lipinski definition) is 0. The topological polar surface area (TPSA) is 74.0 Å². The number of hydrogen-bond acceptors (Lipinski definition) is 4. The van der Waals surface area contributed by atoms with Crippen LogP contribution in [-0.4, -0.2) is 34.0 Å². The Balaban J connectivity index is 1.71. The summed E-state index contributed by atoms with van der Waals surface area (Å²) in [6.07, 6.45) is 4.54. The highest BCUT2D eigenvalue weighted by atomic mass is 32.2. The molecule has 1 atom stereocenters. The quantitative estimate of drug-likeness (QED) is 0.709. The Labute approximate surface area is 152 Å². The first-order chi connectivity index (χ1) is 12.3. The Morgan fingerprint density at radius 2 is 2.00 bits per heavy atom. The zero-order chi connectivity index (χ0) is 18.6. The van der Waals surface area contributed by atoms with E-state index in [1.807, 2.05) is 31.3 Å². The monoisotopic (exact) mass is 371 g/mol. The van der Waals surface area contributed by atoms with Crippen LogP contribution in [0, 0.1) is 12.8 Å². The van der Waals surface area contributed by atoms with Gasteiger partial charge in [-0.05, 0) is 25.8 Å². The summed E-state index contributed by atoms with van der Waals surface area (Å²) in [5.74, 6) is -0.0359. The maximum Gasteiger partial charge on any atom is 0.237 e. The van der Waals surface area contributed by atoms with Gasteiger partial charge in [0.15, 0.2) is 5.78 Å². The third-order valence-corrected chi connectivity index (χ3v) is 6.52. The number of aromatic nitrogens is 3. The molecular formula is C19H21N3O3S. The highest BCUT2D eigenvalue weighted by molar-refractivity contribution is 7.89. The number of aryl methyl sites for hydroxylation is 1. The van der Waals surface area contributed by atoms with Gasteiger partial charge in [0.05, 0.1) is 17.6 Å². The van der Waals surface area contributed by atoms with Gasteiger partial charge in [-0.3, -0.25) is 4.79 Å². The van der Waals surface area contributed by atoms with Gasteiger partial charge in [-0.1, -0.05) is 18.2 Å². The summed E-state index contributed by atoms with van der Waals surface area (Å²) in [6, 6.07) is 7.97. The predicted octanol–water partition coefficient (Wildman–Crippen LogP) is 2.48. The molecule has 1 unspecified atom stereocenters. The van der Waals surface area contributed by atoms with Crippen LogP contribution in [0.5, 0.6) is 0 Å². The lowest BCUT2D eigenvalue weighted by molar-refractivity contribution is 0.0901. The average Bonchev–Trinajstić information content (AvgIpc) is 3.10. The van der Waals surface area contributed by atoms with E-state index in [1.54, 1.807) is 6.92 Å². The second-order valence-electron chi connectivity index (χ2n) is 7.04. The maximum absolute atomic E-state index is 13.2. The summed E-state index contributed by atoms with van der Waals surface area (Å²) in [7, 11) is -1.37. The molecule has 0 fully saturated rings. The molecule has 3 aromatic rings. The molecule has 1 aromatic carbocycles. The molecule has 0 N–H and O–H groups in total. The first kappa shape index (κ1) is 17.0. The number of rotatable bonds is 3. The third-order valence-electron chi connectivity index (χ3n) is 5.44. The Hall–Kier alpha value is -2.41. The molecule has 7 heteroatoms. The van der Waals surface area contributed by atoms with Gasteiger partial charge in [0.25, 0.3) is 0 Å². The van der Waals surface area contributed by atoms with Crippen molar-refractivity contribution in [2.75, 3.05) is 6.26 Å². The van der Waals surface area contributed by atoms with Crippen molar-refractivity contribution in [1.29, 1.82) is 0 Å². The van der Waals surface area contributed by atoms with Crippen LogP contribution < -0.4 is 0 Å². The van der Waals surface area contributed by atoms with Crippen molar-refractivity contribution < 1.29 is 13.2 Å². The number of nitrogens with zero attached hydrogens (tertiary/aromatic N) is 3. The number of carbonyl (C=O) groups is 1. The van der Waals surface area contributed by atoms with Crippen molar-refractivity contribution in [3.8, 4) is 0 Å². The van der Waals surface area contributed by atoms with Crippen LogP contribution in [0.2, 0.25) is 0 Å².